The Balaban J connectivity index is 1.50. The Hall–Kier alpha value is -4.50. The Morgan fingerprint density at radius 2 is 1.39 bits per heavy atom. The van der Waals surface area contributed by atoms with E-state index < -0.39 is 0 Å². The molecule has 2 aromatic heterocycles. The van der Waals surface area contributed by atoms with Crippen LogP contribution in [0.2, 0.25) is 0 Å². The first-order chi connectivity index (χ1) is 17.6. The minimum Gasteiger partial charge on any atom is -0.292 e. The molecule has 3 heteroatoms. The minimum absolute atomic E-state index is 0.172. The Labute approximate surface area is 210 Å². The molecule has 0 aliphatic carbocycles. The van der Waals surface area contributed by atoms with E-state index in [1.807, 2.05) is 12.3 Å². The number of para-hydroxylation sites is 1. The van der Waals surface area contributed by atoms with E-state index in [1.165, 1.54) is 44.6 Å². The number of hydrogen-bond donors (Lipinski definition) is 0. The van der Waals surface area contributed by atoms with Crippen molar-refractivity contribution in [2.45, 2.75) is 19.3 Å². The van der Waals surface area contributed by atoms with Gasteiger partial charge in [-0.05, 0) is 63.7 Å². The van der Waals surface area contributed by atoms with Crippen LogP contribution in [0.4, 0.5) is 0 Å². The molecule has 0 bridgehead atoms. The number of fused-ring (bicyclic) bond motifs is 2. The van der Waals surface area contributed by atoms with Crippen molar-refractivity contribution >= 4 is 11.0 Å². The molecule has 1 aliphatic heterocycles. The van der Waals surface area contributed by atoms with Crippen LogP contribution < -0.4 is 0 Å². The van der Waals surface area contributed by atoms with Crippen molar-refractivity contribution in [2.75, 3.05) is 0 Å². The van der Waals surface area contributed by atoms with Gasteiger partial charge in [0.15, 0.2) is 0 Å². The predicted octanol–water partition coefficient (Wildman–Crippen LogP) is 8.06. The molecule has 3 nitrogen and oxygen atoms in total. The summed E-state index contributed by atoms with van der Waals surface area (Å²) < 4.78 is 2.33. The van der Waals surface area contributed by atoms with Gasteiger partial charge in [0.2, 0.25) is 0 Å². The van der Waals surface area contributed by atoms with Gasteiger partial charge >= 0.3 is 0 Å². The van der Waals surface area contributed by atoms with Crippen LogP contribution in [0.25, 0.3) is 50.4 Å². The van der Waals surface area contributed by atoms with Crippen molar-refractivity contribution in [3.05, 3.63) is 127 Å². The molecule has 6 aromatic rings. The third-order valence-electron chi connectivity index (χ3n) is 7.50. The number of nitrogens with zero attached hydrogens (tertiary/aromatic N) is 3. The predicted molar refractivity (Wildman–Crippen MR) is 147 cm³/mol. The lowest BCUT2D eigenvalue weighted by Gasteiger charge is -2.35. The lowest BCUT2D eigenvalue weighted by Crippen LogP contribution is -2.26. The smallest absolute Gasteiger partial charge is 0.147 e. The summed E-state index contributed by atoms with van der Waals surface area (Å²) in [4.78, 5) is 9.45. The lowest BCUT2D eigenvalue weighted by atomic mass is 9.74. The molecule has 7 rings (SSSR count). The number of rotatable bonds is 3. The molecule has 36 heavy (non-hydrogen) atoms. The zero-order chi connectivity index (χ0) is 24.3. The van der Waals surface area contributed by atoms with E-state index >= 15 is 0 Å². The fourth-order valence-corrected chi connectivity index (χ4v) is 5.70. The van der Waals surface area contributed by atoms with Crippen LogP contribution in [0.5, 0.6) is 0 Å². The third-order valence-corrected chi connectivity index (χ3v) is 7.50. The maximum atomic E-state index is 5.08. The first kappa shape index (κ1) is 20.8. The van der Waals surface area contributed by atoms with E-state index in [4.69, 9.17) is 4.98 Å². The van der Waals surface area contributed by atoms with Crippen LogP contribution in [-0.4, -0.2) is 14.5 Å². The van der Waals surface area contributed by atoms with Gasteiger partial charge in [0.25, 0.3) is 0 Å². The normalized spacial score (nSPS) is 13.5. The van der Waals surface area contributed by atoms with Gasteiger partial charge in [-0.3, -0.25) is 9.55 Å². The highest BCUT2D eigenvalue weighted by molar-refractivity contribution is 5.91. The van der Waals surface area contributed by atoms with Crippen molar-refractivity contribution in [3.63, 3.8) is 0 Å². The van der Waals surface area contributed by atoms with Crippen LogP contribution in [-0.2, 0) is 5.41 Å². The molecule has 172 valence electrons. The maximum Gasteiger partial charge on any atom is 0.147 e. The van der Waals surface area contributed by atoms with Gasteiger partial charge in [-0.2, -0.15) is 0 Å². The molecule has 0 saturated carbocycles. The molecular weight excluding hydrogens is 438 g/mol. The SMILES string of the molecule is CC1(C)c2cc(-c3ccccc3-c3ccccc3)ccc2-n2c(-c3cccnc3)nc3cccc1c32. The quantitative estimate of drug-likeness (QED) is 0.266. The highest BCUT2D eigenvalue weighted by Gasteiger charge is 2.36. The van der Waals surface area contributed by atoms with E-state index in [2.05, 4.69) is 120 Å². The molecule has 0 saturated heterocycles. The second-order valence-electron chi connectivity index (χ2n) is 9.95. The van der Waals surface area contributed by atoms with Crippen molar-refractivity contribution in [1.29, 1.82) is 0 Å². The average Bonchev–Trinajstić information content (AvgIpc) is 3.33. The molecule has 0 radical (unpaired) electrons. The van der Waals surface area contributed by atoms with Crippen LogP contribution >= 0.6 is 0 Å². The van der Waals surface area contributed by atoms with Crippen LogP contribution in [0.3, 0.4) is 0 Å². The summed E-state index contributed by atoms with van der Waals surface area (Å²) in [5.41, 5.74) is 11.8. The topological polar surface area (TPSA) is 30.7 Å². The summed E-state index contributed by atoms with van der Waals surface area (Å²) in [6.45, 7) is 4.65. The number of imidazole rings is 1. The Morgan fingerprint density at radius 3 is 2.17 bits per heavy atom. The third kappa shape index (κ3) is 2.99. The van der Waals surface area contributed by atoms with Gasteiger partial charge in [0, 0.05) is 23.4 Å². The molecule has 3 heterocycles. The summed E-state index contributed by atoms with van der Waals surface area (Å²) in [6, 6.07) is 36.8. The number of aromatic nitrogens is 3. The second-order valence-corrected chi connectivity index (χ2v) is 9.95. The zero-order valence-corrected chi connectivity index (χ0v) is 20.3. The fraction of sp³-hybridized carbons (Fsp3) is 0.0909. The molecule has 0 atom stereocenters. The van der Waals surface area contributed by atoms with E-state index in [0.717, 1.165) is 16.9 Å². The number of pyridine rings is 1. The summed E-state index contributed by atoms with van der Waals surface area (Å²) in [7, 11) is 0. The maximum absolute atomic E-state index is 5.08. The number of benzene rings is 4. The van der Waals surface area contributed by atoms with Gasteiger partial charge in [-0.15, -0.1) is 0 Å². The monoisotopic (exact) mass is 463 g/mol. The largest absolute Gasteiger partial charge is 0.292 e. The molecule has 0 spiro atoms. The molecule has 1 aliphatic rings. The van der Waals surface area contributed by atoms with Crippen LogP contribution in [0, 0.1) is 0 Å². The summed E-state index contributed by atoms with van der Waals surface area (Å²) in [6.07, 6.45) is 3.70. The molecule has 0 fully saturated rings. The lowest BCUT2D eigenvalue weighted by molar-refractivity contribution is 0.629. The van der Waals surface area contributed by atoms with E-state index in [1.54, 1.807) is 6.20 Å². The average molecular weight is 464 g/mol. The summed E-state index contributed by atoms with van der Waals surface area (Å²) in [5.74, 6) is 0.930. The van der Waals surface area contributed by atoms with Gasteiger partial charge in [0.05, 0.1) is 16.7 Å². The molecule has 0 amide bonds. The minimum atomic E-state index is -0.172. The second kappa shape index (κ2) is 7.76. The fourth-order valence-electron chi connectivity index (χ4n) is 5.70. The first-order valence-corrected chi connectivity index (χ1v) is 12.3. The van der Waals surface area contributed by atoms with E-state index in [0.29, 0.717) is 0 Å². The van der Waals surface area contributed by atoms with Gasteiger partial charge in [0.1, 0.15) is 5.82 Å². The molecule has 0 N–H and O–H groups in total. The molecule has 0 unspecified atom stereocenters. The highest BCUT2D eigenvalue weighted by atomic mass is 15.1. The van der Waals surface area contributed by atoms with Gasteiger partial charge < -0.3 is 0 Å². The Morgan fingerprint density at radius 1 is 0.639 bits per heavy atom. The van der Waals surface area contributed by atoms with Crippen molar-refractivity contribution < 1.29 is 0 Å². The van der Waals surface area contributed by atoms with Crippen molar-refractivity contribution in [1.82, 2.24) is 14.5 Å². The standard InChI is InChI=1S/C33H25N3/c1-33(2)27-15-8-16-29-31(27)36(32(35-29)24-12-9-19-34-21-24)30-18-17-23(20-28(30)33)26-14-7-6-13-25(26)22-10-4-3-5-11-22/h3-21H,1-2H3. The zero-order valence-electron chi connectivity index (χ0n) is 20.3. The van der Waals surface area contributed by atoms with E-state index in [9.17, 15) is 0 Å². The molecule has 4 aromatic carbocycles. The molecular formula is C33H25N3. The van der Waals surface area contributed by atoms with E-state index in [-0.39, 0.29) is 5.41 Å². The van der Waals surface area contributed by atoms with Gasteiger partial charge in [-0.1, -0.05) is 86.6 Å². The van der Waals surface area contributed by atoms with Crippen molar-refractivity contribution in [3.8, 4) is 39.3 Å². The van der Waals surface area contributed by atoms with Crippen LogP contribution in [0.15, 0.2) is 116 Å². The summed E-state index contributed by atoms with van der Waals surface area (Å²) in [5, 5.41) is 0. The first-order valence-electron chi connectivity index (χ1n) is 12.3. The Bertz CT molecular complexity index is 1750. The number of hydrogen-bond acceptors (Lipinski definition) is 2. The Kier molecular flexibility index (Phi) is 4.49. The van der Waals surface area contributed by atoms with Crippen LogP contribution in [0.1, 0.15) is 25.0 Å². The summed E-state index contributed by atoms with van der Waals surface area (Å²) >= 11 is 0. The highest BCUT2D eigenvalue weighted by Crippen LogP contribution is 2.47. The van der Waals surface area contributed by atoms with Crippen molar-refractivity contribution in [2.24, 2.45) is 0 Å². The van der Waals surface area contributed by atoms with Gasteiger partial charge in [-0.25, -0.2) is 4.98 Å².